The Bertz CT molecular complexity index is 628. The molecule has 0 radical (unpaired) electrons. The summed E-state index contributed by atoms with van der Waals surface area (Å²) in [4.78, 5) is 24.0. The average Bonchev–Trinajstić information content (AvgIpc) is 3.05. The predicted octanol–water partition coefficient (Wildman–Crippen LogP) is 12.6. The van der Waals surface area contributed by atoms with Gasteiger partial charge in [-0.3, -0.25) is 9.59 Å². The van der Waals surface area contributed by atoms with Gasteiger partial charge in [-0.05, 0) is 44.4 Å². The summed E-state index contributed by atoms with van der Waals surface area (Å²) in [5.41, 5.74) is 6.37. The Hall–Kier alpha value is -1.10. The Kier molecular flexibility index (Phi) is 35.9. The van der Waals surface area contributed by atoms with Crippen LogP contribution in [0.1, 0.15) is 226 Å². The summed E-state index contributed by atoms with van der Waals surface area (Å²) in [6.45, 7) is 7.96. The first-order valence-electron chi connectivity index (χ1n) is 20.6. The van der Waals surface area contributed by atoms with E-state index in [0.717, 1.165) is 57.3 Å². The quantitative estimate of drug-likeness (QED) is 0.0534. The highest BCUT2D eigenvalue weighted by Gasteiger charge is 2.11. The summed E-state index contributed by atoms with van der Waals surface area (Å²) in [6, 6.07) is 0.328. The number of carbonyl (C=O) groups is 2. The van der Waals surface area contributed by atoms with Crippen molar-refractivity contribution in [1.82, 2.24) is 0 Å². The first kappa shape index (κ1) is 44.9. The number of unbranched alkanes of at least 4 members (excludes halogenated alkanes) is 20. The number of nitrogens with two attached hydrogens (primary N) is 1. The number of carbonyl (C=O) groups excluding carboxylic acids is 2. The van der Waals surface area contributed by atoms with E-state index in [1.54, 1.807) is 0 Å². The van der Waals surface area contributed by atoms with Crippen LogP contribution in [0.5, 0.6) is 0 Å². The normalized spacial score (nSPS) is 12.1. The highest BCUT2D eigenvalue weighted by molar-refractivity contribution is 5.69. The zero-order valence-corrected chi connectivity index (χ0v) is 31.4. The van der Waals surface area contributed by atoms with Gasteiger partial charge in [-0.25, -0.2) is 0 Å². The van der Waals surface area contributed by atoms with Crippen LogP contribution in [0.3, 0.4) is 0 Å². The van der Waals surface area contributed by atoms with E-state index < -0.39 is 0 Å². The molecular weight excluding hydrogens is 570 g/mol. The summed E-state index contributed by atoms with van der Waals surface area (Å²) in [7, 11) is 0. The van der Waals surface area contributed by atoms with Gasteiger partial charge in [0.15, 0.2) is 0 Å². The SMILES string of the molecule is CCCCCCCOC(=O)CCCCCCCCCC(N)CCCCCCCC(=O)OCCC(CCCCCC)CCCCCC. The molecule has 0 fully saturated rings. The molecule has 1 unspecified atom stereocenters. The van der Waals surface area contributed by atoms with E-state index in [9.17, 15) is 9.59 Å². The van der Waals surface area contributed by atoms with Crippen molar-refractivity contribution in [2.45, 2.75) is 232 Å². The Morgan fingerprint density at radius 2 is 0.761 bits per heavy atom. The summed E-state index contributed by atoms with van der Waals surface area (Å²) in [6.07, 6.45) is 37.6. The van der Waals surface area contributed by atoms with Gasteiger partial charge in [0.25, 0.3) is 0 Å². The molecule has 274 valence electrons. The fraction of sp³-hybridized carbons (Fsp3) is 0.951. The fourth-order valence-electron chi connectivity index (χ4n) is 6.44. The lowest BCUT2D eigenvalue weighted by Gasteiger charge is -2.17. The smallest absolute Gasteiger partial charge is 0.305 e. The van der Waals surface area contributed by atoms with Gasteiger partial charge in [-0.2, -0.15) is 0 Å². The van der Waals surface area contributed by atoms with Crippen LogP contribution in [0.25, 0.3) is 0 Å². The molecule has 46 heavy (non-hydrogen) atoms. The third kappa shape index (κ3) is 34.2. The third-order valence-electron chi connectivity index (χ3n) is 9.64. The predicted molar refractivity (Wildman–Crippen MR) is 198 cm³/mol. The second-order valence-electron chi connectivity index (χ2n) is 14.3. The lowest BCUT2D eigenvalue weighted by atomic mass is 9.92. The Morgan fingerprint density at radius 3 is 1.24 bits per heavy atom. The van der Waals surface area contributed by atoms with Crippen molar-refractivity contribution in [2.24, 2.45) is 11.7 Å². The maximum absolute atomic E-state index is 12.2. The first-order valence-corrected chi connectivity index (χ1v) is 20.6. The van der Waals surface area contributed by atoms with Crippen molar-refractivity contribution in [1.29, 1.82) is 0 Å². The molecule has 5 nitrogen and oxygen atoms in total. The second kappa shape index (κ2) is 36.7. The summed E-state index contributed by atoms with van der Waals surface area (Å²) in [5, 5.41) is 0. The molecule has 0 aliphatic heterocycles. The van der Waals surface area contributed by atoms with Gasteiger partial charge in [0.2, 0.25) is 0 Å². The molecule has 1 atom stereocenters. The van der Waals surface area contributed by atoms with E-state index in [1.807, 2.05) is 0 Å². The molecule has 2 N–H and O–H groups in total. The zero-order chi connectivity index (χ0) is 33.8. The van der Waals surface area contributed by atoms with Crippen LogP contribution in [-0.2, 0) is 19.1 Å². The second-order valence-corrected chi connectivity index (χ2v) is 14.3. The van der Waals surface area contributed by atoms with Crippen LogP contribution < -0.4 is 5.73 Å². The van der Waals surface area contributed by atoms with Gasteiger partial charge in [0.1, 0.15) is 0 Å². The summed E-state index contributed by atoms with van der Waals surface area (Å²) in [5.74, 6) is 0.711. The third-order valence-corrected chi connectivity index (χ3v) is 9.64. The molecule has 0 aliphatic carbocycles. The molecule has 0 heterocycles. The molecule has 0 aromatic heterocycles. The first-order chi connectivity index (χ1) is 22.5. The molecule has 5 heteroatoms. The van der Waals surface area contributed by atoms with Crippen molar-refractivity contribution in [2.75, 3.05) is 13.2 Å². The van der Waals surface area contributed by atoms with Gasteiger partial charge in [0.05, 0.1) is 13.2 Å². The van der Waals surface area contributed by atoms with E-state index in [4.69, 9.17) is 15.2 Å². The standard InChI is InChI=1S/C41H81NO4/c1-4-7-10-21-28-36-45-40(43)33-26-19-15-13-14-17-24-31-39(42)32-25-18-16-20-27-34-41(44)46-37-35-38(29-22-11-8-5-2)30-23-12-9-6-3/h38-39H,4-37,42H2,1-3H3. The van der Waals surface area contributed by atoms with Crippen molar-refractivity contribution in [3.05, 3.63) is 0 Å². The molecule has 0 spiro atoms. The minimum absolute atomic E-state index is 0.00115. The molecule has 0 bridgehead atoms. The maximum Gasteiger partial charge on any atom is 0.305 e. The van der Waals surface area contributed by atoms with E-state index >= 15 is 0 Å². The van der Waals surface area contributed by atoms with Crippen molar-refractivity contribution in [3.63, 3.8) is 0 Å². The number of esters is 2. The van der Waals surface area contributed by atoms with Crippen molar-refractivity contribution >= 4 is 11.9 Å². The fourth-order valence-corrected chi connectivity index (χ4v) is 6.44. The molecule has 0 saturated heterocycles. The minimum atomic E-state index is -0.0141. The number of rotatable bonds is 37. The van der Waals surface area contributed by atoms with Gasteiger partial charge < -0.3 is 15.2 Å². The van der Waals surface area contributed by atoms with Gasteiger partial charge in [-0.1, -0.05) is 175 Å². The van der Waals surface area contributed by atoms with Crippen LogP contribution in [0.4, 0.5) is 0 Å². The summed E-state index contributed by atoms with van der Waals surface area (Å²) < 4.78 is 11.0. The molecule has 0 aromatic carbocycles. The number of hydrogen-bond acceptors (Lipinski definition) is 5. The lowest BCUT2D eigenvalue weighted by molar-refractivity contribution is -0.145. The van der Waals surface area contributed by atoms with E-state index in [2.05, 4.69) is 20.8 Å². The molecule has 0 aromatic rings. The van der Waals surface area contributed by atoms with Gasteiger partial charge >= 0.3 is 11.9 Å². The lowest BCUT2D eigenvalue weighted by Crippen LogP contribution is -2.19. The van der Waals surface area contributed by atoms with Crippen molar-refractivity contribution in [3.8, 4) is 0 Å². The van der Waals surface area contributed by atoms with E-state index in [1.165, 1.54) is 141 Å². The van der Waals surface area contributed by atoms with Crippen LogP contribution in [0.2, 0.25) is 0 Å². The topological polar surface area (TPSA) is 78.6 Å². The van der Waals surface area contributed by atoms with Crippen molar-refractivity contribution < 1.29 is 19.1 Å². The monoisotopic (exact) mass is 652 g/mol. The van der Waals surface area contributed by atoms with Crippen LogP contribution in [-0.4, -0.2) is 31.2 Å². The molecular formula is C41H81NO4. The molecule has 0 amide bonds. The molecule has 0 rings (SSSR count). The van der Waals surface area contributed by atoms with Crippen LogP contribution >= 0.6 is 0 Å². The Balaban J connectivity index is 3.57. The van der Waals surface area contributed by atoms with E-state index in [0.29, 0.717) is 32.1 Å². The van der Waals surface area contributed by atoms with E-state index in [-0.39, 0.29) is 11.9 Å². The Labute approximate surface area is 287 Å². The van der Waals surface area contributed by atoms with Gasteiger partial charge in [-0.15, -0.1) is 0 Å². The highest BCUT2D eigenvalue weighted by Crippen LogP contribution is 2.22. The Morgan fingerprint density at radius 1 is 0.413 bits per heavy atom. The highest BCUT2D eigenvalue weighted by atomic mass is 16.5. The largest absolute Gasteiger partial charge is 0.466 e. The maximum atomic E-state index is 12.2. The minimum Gasteiger partial charge on any atom is -0.466 e. The zero-order valence-electron chi connectivity index (χ0n) is 31.4. The summed E-state index contributed by atoms with van der Waals surface area (Å²) >= 11 is 0. The van der Waals surface area contributed by atoms with Crippen LogP contribution in [0, 0.1) is 5.92 Å². The van der Waals surface area contributed by atoms with Gasteiger partial charge in [0, 0.05) is 18.9 Å². The number of ether oxygens (including phenoxy) is 2. The van der Waals surface area contributed by atoms with Crippen LogP contribution in [0.15, 0.2) is 0 Å². The number of hydrogen-bond donors (Lipinski definition) is 1. The average molecular weight is 652 g/mol. The molecule has 0 aliphatic rings. The molecule has 0 saturated carbocycles.